The van der Waals surface area contributed by atoms with E-state index in [1.54, 1.807) is 31.2 Å². The van der Waals surface area contributed by atoms with E-state index in [0.717, 1.165) is 0 Å². The normalized spacial score (nSPS) is 12.5. The fraction of sp³-hybridized carbons (Fsp3) is 0.500. The van der Waals surface area contributed by atoms with Crippen molar-refractivity contribution in [1.29, 1.82) is 0 Å². The molecule has 5 heteroatoms. The van der Waals surface area contributed by atoms with Crippen molar-refractivity contribution >= 4 is 9.84 Å². The zero-order valence-corrected chi connectivity index (χ0v) is 11.3. The standard InChI is InChI=1S/C12H19NO3S/c1-4-17(14,15)11-7-5-10(6-8-11)16-9-12(2,3)13/h5-8H,4,9,13H2,1-3H3. The zero-order chi connectivity index (χ0) is 13.1. The van der Waals surface area contributed by atoms with Gasteiger partial charge in [0.1, 0.15) is 12.4 Å². The van der Waals surface area contributed by atoms with Crippen LogP contribution in [0, 0.1) is 0 Å². The molecule has 2 N–H and O–H groups in total. The van der Waals surface area contributed by atoms with E-state index in [0.29, 0.717) is 17.3 Å². The molecule has 0 heterocycles. The van der Waals surface area contributed by atoms with Crippen LogP contribution in [0.2, 0.25) is 0 Å². The summed E-state index contributed by atoms with van der Waals surface area (Å²) < 4.78 is 28.6. The lowest BCUT2D eigenvalue weighted by Crippen LogP contribution is -2.38. The highest BCUT2D eigenvalue weighted by atomic mass is 32.2. The molecule has 0 saturated carbocycles. The minimum absolute atomic E-state index is 0.100. The number of nitrogens with two attached hydrogens (primary N) is 1. The van der Waals surface area contributed by atoms with Crippen LogP contribution in [0.3, 0.4) is 0 Å². The molecule has 0 aliphatic rings. The summed E-state index contributed by atoms with van der Waals surface area (Å²) in [5, 5.41) is 0. The van der Waals surface area contributed by atoms with Gasteiger partial charge in [-0.05, 0) is 38.1 Å². The van der Waals surface area contributed by atoms with Gasteiger partial charge in [-0.15, -0.1) is 0 Å². The van der Waals surface area contributed by atoms with Gasteiger partial charge >= 0.3 is 0 Å². The fourth-order valence-corrected chi connectivity index (χ4v) is 2.06. The molecule has 1 aromatic rings. The molecule has 0 fully saturated rings. The van der Waals surface area contributed by atoms with Crippen molar-refractivity contribution in [2.75, 3.05) is 12.4 Å². The van der Waals surface area contributed by atoms with Crippen molar-refractivity contribution in [2.24, 2.45) is 5.73 Å². The maximum atomic E-state index is 11.6. The molecule has 0 unspecified atom stereocenters. The molecular weight excluding hydrogens is 238 g/mol. The Morgan fingerprint density at radius 1 is 1.24 bits per heavy atom. The van der Waals surface area contributed by atoms with Crippen molar-refractivity contribution in [3.8, 4) is 5.75 Å². The van der Waals surface area contributed by atoms with Crippen LogP contribution in [0.25, 0.3) is 0 Å². The third-order valence-corrected chi connectivity index (χ3v) is 3.92. The molecule has 0 aromatic heterocycles. The van der Waals surface area contributed by atoms with E-state index in [9.17, 15) is 8.42 Å². The third kappa shape index (κ3) is 4.36. The molecule has 0 atom stereocenters. The maximum absolute atomic E-state index is 11.6. The lowest BCUT2D eigenvalue weighted by Gasteiger charge is -2.19. The topological polar surface area (TPSA) is 69.4 Å². The molecule has 0 bridgehead atoms. The Morgan fingerprint density at radius 3 is 2.18 bits per heavy atom. The van der Waals surface area contributed by atoms with Crippen LogP contribution in [-0.2, 0) is 9.84 Å². The average Bonchev–Trinajstić information content (AvgIpc) is 2.26. The Hall–Kier alpha value is -1.07. The number of hydrogen-bond donors (Lipinski definition) is 1. The summed E-state index contributed by atoms with van der Waals surface area (Å²) in [5.74, 6) is 0.724. The molecule has 0 amide bonds. The van der Waals surface area contributed by atoms with Gasteiger partial charge in [0.25, 0.3) is 0 Å². The van der Waals surface area contributed by atoms with Gasteiger partial charge in [-0.2, -0.15) is 0 Å². The van der Waals surface area contributed by atoms with Crippen molar-refractivity contribution in [3.05, 3.63) is 24.3 Å². The number of rotatable bonds is 5. The van der Waals surface area contributed by atoms with Crippen LogP contribution >= 0.6 is 0 Å². The van der Waals surface area contributed by atoms with Crippen molar-refractivity contribution < 1.29 is 13.2 Å². The predicted molar refractivity (Wildman–Crippen MR) is 67.9 cm³/mol. The van der Waals surface area contributed by atoms with Gasteiger partial charge in [-0.25, -0.2) is 8.42 Å². The SMILES string of the molecule is CCS(=O)(=O)c1ccc(OCC(C)(C)N)cc1. The summed E-state index contributed by atoms with van der Waals surface area (Å²) in [6.45, 7) is 5.73. The van der Waals surface area contributed by atoms with Crippen LogP contribution in [0.5, 0.6) is 5.75 Å². The van der Waals surface area contributed by atoms with Gasteiger partial charge in [0, 0.05) is 5.54 Å². The predicted octanol–water partition coefficient (Wildman–Crippen LogP) is 1.60. The summed E-state index contributed by atoms with van der Waals surface area (Å²) >= 11 is 0. The summed E-state index contributed by atoms with van der Waals surface area (Å²) in [5.41, 5.74) is 5.37. The first-order chi connectivity index (χ1) is 7.74. The van der Waals surface area contributed by atoms with Crippen molar-refractivity contribution in [2.45, 2.75) is 31.2 Å². The van der Waals surface area contributed by atoms with E-state index in [-0.39, 0.29) is 5.75 Å². The van der Waals surface area contributed by atoms with Gasteiger partial charge in [0.2, 0.25) is 0 Å². The number of hydrogen-bond acceptors (Lipinski definition) is 4. The van der Waals surface area contributed by atoms with Gasteiger partial charge in [0.05, 0.1) is 10.6 Å². The first-order valence-electron chi connectivity index (χ1n) is 5.49. The highest BCUT2D eigenvalue weighted by Crippen LogP contribution is 2.17. The van der Waals surface area contributed by atoms with Gasteiger partial charge < -0.3 is 10.5 Å². The monoisotopic (exact) mass is 257 g/mol. The first-order valence-corrected chi connectivity index (χ1v) is 7.14. The van der Waals surface area contributed by atoms with E-state index < -0.39 is 15.4 Å². The molecule has 0 aliphatic carbocycles. The molecule has 0 spiro atoms. The Kier molecular flexibility index (Phi) is 4.16. The minimum atomic E-state index is -3.14. The molecular formula is C12H19NO3S. The molecule has 17 heavy (non-hydrogen) atoms. The lowest BCUT2D eigenvalue weighted by atomic mass is 10.1. The average molecular weight is 257 g/mol. The molecule has 1 rings (SSSR count). The Labute approximate surface area is 103 Å². The molecule has 4 nitrogen and oxygen atoms in total. The first kappa shape index (κ1) is 14.0. The van der Waals surface area contributed by atoms with E-state index in [1.807, 2.05) is 13.8 Å². The number of sulfone groups is 1. The molecule has 96 valence electrons. The second-order valence-corrected chi connectivity index (χ2v) is 6.93. The van der Waals surface area contributed by atoms with Crippen molar-refractivity contribution in [1.82, 2.24) is 0 Å². The quantitative estimate of drug-likeness (QED) is 0.869. The smallest absolute Gasteiger partial charge is 0.178 e. The van der Waals surface area contributed by atoms with Gasteiger partial charge in [-0.3, -0.25) is 0 Å². The van der Waals surface area contributed by atoms with Crippen LogP contribution in [0.15, 0.2) is 29.2 Å². The van der Waals surface area contributed by atoms with Crippen molar-refractivity contribution in [3.63, 3.8) is 0 Å². The highest BCUT2D eigenvalue weighted by Gasteiger charge is 2.13. The van der Waals surface area contributed by atoms with Crippen LogP contribution in [0.4, 0.5) is 0 Å². The lowest BCUT2D eigenvalue weighted by molar-refractivity contribution is 0.243. The second kappa shape index (κ2) is 5.06. The summed E-state index contributed by atoms with van der Waals surface area (Å²) in [7, 11) is -3.14. The number of ether oxygens (including phenoxy) is 1. The van der Waals surface area contributed by atoms with Crippen LogP contribution in [0.1, 0.15) is 20.8 Å². The molecule has 0 radical (unpaired) electrons. The maximum Gasteiger partial charge on any atom is 0.178 e. The minimum Gasteiger partial charge on any atom is -0.492 e. The Morgan fingerprint density at radius 2 is 1.76 bits per heavy atom. The number of benzene rings is 1. The molecule has 1 aromatic carbocycles. The summed E-state index contributed by atoms with van der Waals surface area (Å²) in [4.78, 5) is 0.319. The molecule has 0 aliphatic heterocycles. The third-order valence-electron chi connectivity index (χ3n) is 2.17. The van der Waals surface area contributed by atoms with Crippen LogP contribution < -0.4 is 10.5 Å². The van der Waals surface area contributed by atoms with Crippen LogP contribution in [-0.4, -0.2) is 26.3 Å². The van der Waals surface area contributed by atoms with E-state index >= 15 is 0 Å². The van der Waals surface area contributed by atoms with E-state index in [2.05, 4.69) is 0 Å². The fourth-order valence-electron chi connectivity index (χ4n) is 1.18. The summed E-state index contributed by atoms with van der Waals surface area (Å²) in [6, 6.07) is 6.40. The highest BCUT2D eigenvalue weighted by molar-refractivity contribution is 7.91. The van der Waals surface area contributed by atoms with E-state index in [4.69, 9.17) is 10.5 Å². The largest absolute Gasteiger partial charge is 0.492 e. The summed E-state index contributed by atoms with van der Waals surface area (Å²) in [6.07, 6.45) is 0. The second-order valence-electron chi connectivity index (χ2n) is 4.65. The Bertz CT molecular complexity index is 458. The molecule has 0 saturated heterocycles. The van der Waals surface area contributed by atoms with Gasteiger partial charge in [-0.1, -0.05) is 6.92 Å². The van der Waals surface area contributed by atoms with E-state index in [1.165, 1.54) is 0 Å². The Balaban J connectivity index is 2.76. The zero-order valence-electron chi connectivity index (χ0n) is 10.4. The van der Waals surface area contributed by atoms with Gasteiger partial charge in [0.15, 0.2) is 9.84 Å².